The first-order chi connectivity index (χ1) is 18.3. The van der Waals surface area contributed by atoms with Gasteiger partial charge < -0.3 is 20.1 Å². The number of fused-ring (bicyclic) bond motifs is 2. The number of hydrogen-bond donors (Lipinski definition) is 2. The van der Waals surface area contributed by atoms with Gasteiger partial charge in [-0.25, -0.2) is 0 Å². The second-order valence-electron chi connectivity index (χ2n) is 9.00. The number of nitrogens with one attached hydrogen (secondary N) is 2. The highest BCUT2D eigenvalue weighted by molar-refractivity contribution is 6.12. The van der Waals surface area contributed by atoms with Crippen LogP contribution in [0.1, 0.15) is 27.3 Å². The maximum atomic E-state index is 13.0. The van der Waals surface area contributed by atoms with E-state index < -0.39 is 4.92 Å². The summed E-state index contributed by atoms with van der Waals surface area (Å²) in [5.41, 5.74) is 6.80. The molecule has 0 saturated carbocycles. The summed E-state index contributed by atoms with van der Waals surface area (Å²) in [6, 6.07) is 19.8. The zero-order chi connectivity index (χ0) is 26.8. The topological polar surface area (TPSA) is 116 Å². The van der Waals surface area contributed by atoms with Crippen LogP contribution >= 0.6 is 0 Å². The minimum Gasteiger partial charge on any atom is -0.491 e. The number of carbonyl (C=O) groups is 1. The fraction of sp³-hybridized carbons (Fsp3) is 0.172. The molecule has 0 bridgehead atoms. The van der Waals surface area contributed by atoms with Crippen molar-refractivity contribution < 1.29 is 19.2 Å². The summed E-state index contributed by atoms with van der Waals surface area (Å²) in [6.07, 6.45) is 0.662. The van der Waals surface area contributed by atoms with E-state index in [-0.39, 0.29) is 17.3 Å². The molecule has 2 heterocycles. The lowest BCUT2D eigenvalue weighted by Gasteiger charge is -2.13. The molecule has 0 atom stereocenters. The van der Waals surface area contributed by atoms with Crippen LogP contribution in [0.15, 0.2) is 66.7 Å². The molecule has 1 aliphatic rings. The van der Waals surface area contributed by atoms with Gasteiger partial charge in [-0.3, -0.25) is 19.9 Å². The van der Waals surface area contributed by atoms with Gasteiger partial charge in [-0.05, 0) is 79.1 Å². The quantitative estimate of drug-likeness (QED) is 0.224. The van der Waals surface area contributed by atoms with E-state index in [0.29, 0.717) is 30.0 Å². The third kappa shape index (κ3) is 4.99. The van der Waals surface area contributed by atoms with Gasteiger partial charge in [0.1, 0.15) is 5.75 Å². The molecule has 0 radical (unpaired) electrons. The van der Waals surface area contributed by atoms with Crippen molar-refractivity contribution in [2.24, 2.45) is 0 Å². The molecule has 38 heavy (non-hydrogen) atoms. The van der Waals surface area contributed by atoms with Crippen LogP contribution in [0.3, 0.4) is 0 Å². The molecule has 2 N–H and O–H groups in total. The van der Waals surface area contributed by atoms with Gasteiger partial charge in [-0.1, -0.05) is 12.1 Å². The second kappa shape index (κ2) is 10.2. The van der Waals surface area contributed by atoms with Crippen molar-refractivity contribution in [2.45, 2.75) is 20.3 Å². The van der Waals surface area contributed by atoms with Crippen LogP contribution in [-0.2, 0) is 6.42 Å². The molecular formula is C29H26N4O5. The van der Waals surface area contributed by atoms with Gasteiger partial charge in [0.15, 0.2) is 5.75 Å². The van der Waals surface area contributed by atoms with Crippen molar-refractivity contribution in [3.8, 4) is 22.6 Å². The van der Waals surface area contributed by atoms with E-state index in [4.69, 9.17) is 9.47 Å². The van der Waals surface area contributed by atoms with Gasteiger partial charge in [-0.2, -0.15) is 0 Å². The summed E-state index contributed by atoms with van der Waals surface area (Å²) in [5, 5.41) is 17.6. The Labute approximate surface area is 219 Å². The minimum atomic E-state index is -0.483. The zero-order valence-electron chi connectivity index (χ0n) is 21.2. The maximum absolute atomic E-state index is 13.0. The average Bonchev–Trinajstić information content (AvgIpc) is 3.04. The molecule has 9 heteroatoms. The molecule has 3 aromatic carbocycles. The Kier molecular flexibility index (Phi) is 6.66. The van der Waals surface area contributed by atoms with E-state index in [1.807, 2.05) is 50.2 Å². The van der Waals surface area contributed by atoms with E-state index in [0.717, 1.165) is 39.5 Å². The number of methoxy groups -OCH3 is 1. The number of rotatable bonds is 7. The third-order valence-corrected chi connectivity index (χ3v) is 6.40. The number of anilines is 3. The van der Waals surface area contributed by atoms with E-state index >= 15 is 0 Å². The smallest absolute Gasteiger partial charge is 0.310 e. The highest BCUT2D eigenvalue weighted by Gasteiger charge is 2.21. The molecule has 1 amide bonds. The van der Waals surface area contributed by atoms with E-state index in [1.54, 1.807) is 24.3 Å². The van der Waals surface area contributed by atoms with Gasteiger partial charge in [0.25, 0.3) is 5.91 Å². The lowest BCUT2D eigenvalue weighted by Crippen LogP contribution is -2.11. The molecule has 192 valence electrons. The molecule has 5 rings (SSSR count). The number of nitrogens with zero attached hydrogens (tertiary/aromatic N) is 2. The number of hydrogen-bond acceptors (Lipinski definition) is 7. The van der Waals surface area contributed by atoms with Crippen LogP contribution in [-0.4, -0.2) is 29.5 Å². The first-order valence-electron chi connectivity index (χ1n) is 12.1. The van der Waals surface area contributed by atoms with Crippen molar-refractivity contribution >= 4 is 28.7 Å². The Hall–Kier alpha value is -4.92. The summed E-state index contributed by atoms with van der Waals surface area (Å²) < 4.78 is 11.1. The highest BCUT2D eigenvalue weighted by atomic mass is 16.6. The average molecular weight is 511 g/mol. The molecule has 0 unspecified atom stereocenters. The molecule has 0 spiro atoms. The fourth-order valence-electron chi connectivity index (χ4n) is 4.43. The molecule has 0 aliphatic carbocycles. The Morgan fingerprint density at radius 2 is 1.66 bits per heavy atom. The number of ether oxygens (including phenoxy) is 2. The third-order valence-electron chi connectivity index (χ3n) is 6.40. The Bertz CT molecular complexity index is 1570. The molecule has 1 aromatic heterocycles. The first-order valence-corrected chi connectivity index (χ1v) is 12.1. The van der Waals surface area contributed by atoms with Gasteiger partial charge in [0, 0.05) is 18.2 Å². The summed E-state index contributed by atoms with van der Waals surface area (Å²) in [4.78, 5) is 28.2. The maximum Gasteiger partial charge on any atom is 0.310 e. The summed E-state index contributed by atoms with van der Waals surface area (Å²) in [6.45, 7) is 4.35. The monoisotopic (exact) mass is 510 g/mol. The fourth-order valence-corrected chi connectivity index (χ4v) is 4.43. The summed E-state index contributed by atoms with van der Waals surface area (Å²) in [5.74, 6) is 0.704. The van der Waals surface area contributed by atoms with Crippen LogP contribution in [0, 0.1) is 24.0 Å². The molecular weight excluding hydrogens is 484 g/mol. The number of benzene rings is 3. The van der Waals surface area contributed by atoms with Gasteiger partial charge >= 0.3 is 5.69 Å². The zero-order valence-corrected chi connectivity index (χ0v) is 21.2. The minimum absolute atomic E-state index is 0.107. The number of amides is 1. The summed E-state index contributed by atoms with van der Waals surface area (Å²) in [7, 11) is 1.40. The number of aromatic nitrogens is 1. The van der Waals surface area contributed by atoms with Crippen molar-refractivity contribution in [2.75, 3.05) is 24.4 Å². The Morgan fingerprint density at radius 1 is 0.868 bits per heavy atom. The van der Waals surface area contributed by atoms with Crippen molar-refractivity contribution in [3.63, 3.8) is 0 Å². The normalized spacial score (nSPS) is 11.9. The van der Waals surface area contributed by atoms with Crippen molar-refractivity contribution in [1.29, 1.82) is 0 Å². The highest BCUT2D eigenvalue weighted by Crippen LogP contribution is 2.37. The molecule has 0 fully saturated rings. The number of aryl methyl sites for hydroxylation is 2. The van der Waals surface area contributed by atoms with Crippen LogP contribution in [0.2, 0.25) is 0 Å². The largest absolute Gasteiger partial charge is 0.491 e. The molecule has 9 nitrogen and oxygen atoms in total. The van der Waals surface area contributed by atoms with E-state index in [2.05, 4.69) is 15.6 Å². The first kappa shape index (κ1) is 24.8. The van der Waals surface area contributed by atoms with Gasteiger partial charge in [0.05, 0.1) is 47.0 Å². The van der Waals surface area contributed by atoms with Crippen LogP contribution in [0.25, 0.3) is 11.1 Å². The standard InChI is InChI=1S/C29H26N4O5/c1-17-4-11-27(18(2)30-17)38-13-12-19-5-9-23-25(14-19)32-29(34)22-8-6-20(15-24(22)31-23)21-7-10-26(33(35)36)28(16-21)37-3/h4-11,14-16,31H,12-13H2,1-3H3,(H,32,34). The SMILES string of the molecule is COc1cc(-c2ccc3c(c2)Nc2ccc(CCOc4ccc(C)nc4C)cc2NC3=O)ccc1[N+](=O)[O-]. The Balaban J connectivity index is 1.36. The molecule has 0 saturated heterocycles. The van der Waals surface area contributed by atoms with Gasteiger partial charge in [-0.15, -0.1) is 0 Å². The second-order valence-corrected chi connectivity index (χ2v) is 9.00. The van der Waals surface area contributed by atoms with Crippen molar-refractivity contribution in [1.82, 2.24) is 4.98 Å². The number of carbonyl (C=O) groups excluding carboxylic acids is 1. The lowest BCUT2D eigenvalue weighted by molar-refractivity contribution is -0.385. The lowest BCUT2D eigenvalue weighted by atomic mass is 10.0. The number of nitro groups is 1. The van der Waals surface area contributed by atoms with Crippen LogP contribution < -0.4 is 20.1 Å². The van der Waals surface area contributed by atoms with E-state index in [1.165, 1.54) is 13.2 Å². The van der Waals surface area contributed by atoms with Crippen LogP contribution in [0.5, 0.6) is 11.5 Å². The number of pyridine rings is 1. The predicted octanol–water partition coefficient (Wildman–Crippen LogP) is 6.21. The summed E-state index contributed by atoms with van der Waals surface area (Å²) >= 11 is 0. The van der Waals surface area contributed by atoms with Gasteiger partial charge in [0.2, 0.25) is 0 Å². The molecule has 1 aliphatic heterocycles. The van der Waals surface area contributed by atoms with E-state index in [9.17, 15) is 14.9 Å². The van der Waals surface area contributed by atoms with Crippen LogP contribution in [0.4, 0.5) is 22.7 Å². The number of nitro benzene ring substituents is 1. The van der Waals surface area contributed by atoms with Crippen molar-refractivity contribution in [3.05, 3.63) is 99.4 Å². The predicted molar refractivity (Wildman–Crippen MR) is 146 cm³/mol. The Morgan fingerprint density at radius 3 is 2.42 bits per heavy atom. The molecule has 4 aromatic rings.